The second kappa shape index (κ2) is 11.3. The lowest BCUT2D eigenvalue weighted by atomic mass is 9.92. The highest BCUT2D eigenvalue weighted by Crippen LogP contribution is 2.34. The maximum absolute atomic E-state index is 13.2. The molecule has 1 heterocycles. The van der Waals surface area contributed by atoms with Gasteiger partial charge in [0.25, 0.3) is 0 Å². The summed E-state index contributed by atoms with van der Waals surface area (Å²) >= 11 is 0. The summed E-state index contributed by atoms with van der Waals surface area (Å²) in [5, 5.41) is 12.6. The Morgan fingerprint density at radius 1 is 1.29 bits per heavy atom. The zero-order valence-corrected chi connectivity index (χ0v) is 20.5. The van der Waals surface area contributed by atoms with Crippen LogP contribution in [-0.2, 0) is 19.6 Å². The fraction of sp³-hybridized carbons (Fsp3) is 0.696. The van der Waals surface area contributed by atoms with Crippen LogP contribution in [0.1, 0.15) is 51.0 Å². The monoisotopic (exact) mass is 504 g/mol. The fourth-order valence-corrected chi connectivity index (χ4v) is 6.16. The van der Waals surface area contributed by atoms with Gasteiger partial charge in [-0.3, -0.25) is 4.79 Å². The molecular formula is C23H34F2N2O6S. The highest BCUT2D eigenvalue weighted by molar-refractivity contribution is 7.89. The van der Waals surface area contributed by atoms with Crippen LogP contribution >= 0.6 is 0 Å². The summed E-state index contributed by atoms with van der Waals surface area (Å²) in [6.07, 6.45) is 0.995. The molecule has 3 rings (SSSR count). The SMILES string of the molecule is Cc1ccc(S(=O)(=O)N2CCC[C@H]2C(=O)O)c(OC(C)COCCNC2CCC(F)(F)CC2)c1. The Morgan fingerprint density at radius 2 is 2.00 bits per heavy atom. The molecule has 2 aliphatic rings. The van der Waals surface area contributed by atoms with Crippen LogP contribution in [0.15, 0.2) is 23.1 Å². The summed E-state index contributed by atoms with van der Waals surface area (Å²) in [5.41, 5.74) is 0.806. The Labute approximate surface area is 199 Å². The van der Waals surface area contributed by atoms with E-state index in [4.69, 9.17) is 9.47 Å². The fourth-order valence-electron chi connectivity index (χ4n) is 4.40. The third-order valence-electron chi connectivity index (χ3n) is 6.25. The number of hydrogen-bond acceptors (Lipinski definition) is 6. The molecule has 1 aromatic carbocycles. The molecule has 0 radical (unpaired) electrons. The molecule has 2 atom stereocenters. The van der Waals surface area contributed by atoms with E-state index in [0.29, 0.717) is 32.4 Å². The first kappa shape index (κ1) is 26.8. The lowest BCUT2D eigenvalue weighted by molar-refractivity contribution is -0.140. The summed E-state index contributed by atoms with van der Waals surface area (Å²) < 4.78 is 65.5. The van der Waals surface area contributed by atoms with Crippen LogP contribution in [0, 0.1) is 6.92 Å². The second-order valence-corrected chi connectivity index (χ2v) is 11.0. The molecule has 0 bridgehead atoms. The van der Waals surface area contributed by atoms with Crippen molar-refractivity contribution in [2.75, 3.05) is 26.3 Å². The Hall–Kier alpha value is -1.82. The largest absolute Gasteiger partial charge is 0.487 e. The van der Waals surface area contributed by atoms with Crippen molar-refractivity contribution in [2.24, 2.45) is 0 Å². The van der Waals surface area contributed by atoms with Crippen LogP contribution in [0.3, 0.4) is 0 Å². The molecule has 0 spiro atoms. The number of halogens is 2. The highest BCUT2D eigenvalue weighted by Gasteiger charge is 2.41. The Kier molecular flexibility index (Phi) is 8.88. The van der Waals surface area contributed by atoms with E-state index in [1.54, 1.807) is 19.1 Å². The van der Waals surface area contributed by atoms with Gasteiger partial charge in [-0.25, -0.2) is 17.2 Å². The number of carbonyl (C=O) groups is 1. The number of ether oxygens (including phenoxy) is 2. The molecule has 2 N–H and O–H groups in total. The molecule has 1 unspecified atom stereocenters. The van der Waals surface area contributed by atoms with E-state index in [0.717, 1.165) is 9.87 Å². The van der Waals surface area contributed by atoms with Crippen LogP contribution in [0.25, 0.3) is 0 Å². The van der Waals surface area contributed by atoms with Crippen molar-refractivity contribution in [3.05, 3.63) is 23.8 Å². The third kappa shape index (κ3) is 6.87. The minimum Gasteiger partial charge on any atom is -0.487 e. The van der Waals surface area contributed by atoms with Crippen molar-refractivity contribution >= 4 is 16.0 Å². The smallest absolute Gasteiger partial charge is 0.322 e. The van der Waals surface area contributed by atoms with E-state index < -0.39 is 34.1 Å². The number of carboxylic acids is 1. The Morgan fingerprint density at radius 3 is 2.68 bits per heavy atom. The van der Waals surface area contributed by atoms with E-state index in [1.165, 1.54) is 6.07 Å². The van der Waals surface area contributed by atoms with Gasteiger partial charge in [-0.15, -0.1) is 0 Å². The first-order valence-electron chi connectivity index (χ1n) is 11.7. The summed E-state index contributed by atoms with van der Waals surface area (Å²) in [7, 11) is -4.05. The van der Waals surface area contributed by atoms with Crippen LogP contribution in [-0.4, -0.2) is 74.2 Å². The first-order valence-corrected chi connectivity index (χ1v) is 13.1. The molecule has 1 aromatic rings. The van der Waals surface area contributed by atoms with Gasteiger partial charge in [0.1, 0.15) is 22.8 Å². The molecule has 2 fully saturated rings. The van der Waals surface area contributed by atoms with Gasteiger partial charge in [-0.1, -0.05) is 6.07 Å². The number of carboxylic acid groups (broad SMARTS) is 1. The first-order chi connectivity index (χ1) is 16.0. The van der Waals surface area contributed by atoms with Gasteiger partial charge in [0.2, 0.25) is 15.9 Å². The van der Waals surface area contributed by atoms with Crippen molar-refractivity contribution in [3.63, 3.8) is 0 Å². The maximum Gasteiger partial charge on any atom is 0.322 e. The standard InChI is InChI=1S/C23H34F2N2O6S/c1-16-5-6-21(34(30,31)27-12-3-4-19(27)22(28)29)20(14-16)33-17(2)15-32-13-11-26-18-7-9-23(24,25)10-8-18/h5-6,14,17-19,26H,3-4,7-13,15H2,1-2H3,(H,28,29)/t17?,19-/m0/s1. The number of sulfonamides is 1. The van der Waals surface area contributed by atoms with E-state index in [1.807, 2.05) is 6.92 Å². The lowest BCUT2D eigenvalue weighted by Gasteiger charge is -2.29. The zero-order chi connectivity index (χ0) is 24.9. The molecule has 8 nitrogen and oxygen atoms in total. The lowest BCUT2D eigenvalue weighted by Crippen LogP contribution is -2.40. The molecule has 34 heavy (non-hydrogen) atoms. The molecule has 0 aromatic heterocycles. The van der Waals surface area contributed by atoms with Crippen LogP contribution < -0.4 is 10.1 Å². The van der Waals surface area contributed by atoms with E-state index in [-0.39, 0.29) is 49.1 Å². The van der Waals surface area contributed by atoms with Crippen LogP contribution in [0.5, 0.6) is 5.75 Å². The third-order valence-corrected chi connectivity index (χ3v) is 8.20. The van der Waals surface area contributed by atoms with Crippen molar-refractivity contribution in [1.82, 2.24) is 9.62 Å². The van der Waals surface area contributed by atoms with Gasteiger partial charge < -0.3 is 19.9 Å². The molecular weight excluding hydrogens is 470 g/mol. The van der Waals surface area contributed by atoms with Gasteiger partial charge in [-0.05, 0) is 57.2 Å². The molecule has 0 amide bonds. The van der Waals surface area contributed by atoms with Crippen molar-refractivity contribution in [2.45, 2.75) is 81.4 Å². The predicted molar refractivity (Wildman–Crippen MR) is 122 cm³/mol. The number of rotatable bonds is 11. The van der Waals surface area contributed by atoms with E-state index in [2.05, 4.69) is 5.32 Å². The molecule has 11 heteroatoms. The summed E-state index contributed by atoms with van der Waals surface area (Å²) in [5.74, 6) is -3.55. The van der Waals surface area contributed by atoms with E-state index in [9.17, 15) is 27.1 Å². The van der Waals surface area contributed by atoms with Crippen LogP contribution in [0.2, 0.25) is 0 Å². The summed E-state index contributed by atoms with van der Waals surface area (Å²) in [4.78, 5) is 11.5. The predicted octanol–water partition coefficient (Wildman–Crippen LogP) is 3.18. The number of alkyl halides is 2. The maximum atomic E-state index is 13.2. The number of aryl methyl sites for hydroxylation is 1. The summed E-state index contributed by atoms with van der Waals surface area (Å²) in [6.45, 7) is 4.82. The molecule has 1 aliphatic carbocycles. The average Bonchev–Trinajstić information content (AvgIpc) is 3.26. The number of nitrogens with zero attached hydrogens (tertiary/aromatic N) is 1. The normalized spacial score (nSPS) is 22.5. The van der Waals surface area contributed by atoms with Gasteiger partial charge >= 0.3 is 5.97 Å². The number of aliphatic carboxylic acids is 1. The van der Waals surface area contributed by atoms with Crippen molar-refractivity contribution in [3.8, 4) is 5.75 Å². The van der Waals surface area contributed by atoms with Gasteiger partial charge in [0.05, 0.1) is 13.2 Å². The quantitative estimate of drug-likeness (QED) is 0.446. The topological polar surface area (TPSA) is 105 Å². The Bertz CT molecular complexity index is 949. The number of benzene rings is 1. The van der Waals surface area contributed by atoms with E-state index >= 15 is 0 Å². The molecule has 1 saturated heterocycles. The summed E-state index contributed by atoms with van der Waals surface area (Å²) in [6, 6.07) is 3.71. The van der Waals surface area contributed by atoms with Gasteiger partial charge in [0, 0.05) is 32.0 Å². The van der Waals surface area contributed by atoms with Crippen molar-refractivity contribution in [1.29, 1.82) is 0 Å². The molecule has 192 valence electrons. The average molecular weight is 505 g/mol. The minimum atomic E-state index is -4.05. The molecule has 1 aliphatic heterocycles. The van der Waals surface area contributed by atoms with Gasteiger partial charge in [0.15, 0.2) is 0 Å². The second-order valence-electron chi connectivity index (χ2n) is 9.15. The number of hydrogen-bond donors (Lipinski definition) is 2. The van der Waals surface area contributed by atoms with Gasteiger partial charge in [-0.2, -0.15) is 4.31 Å². The Balaban J connectivity index is 1.53. The van der Waals surface area contributed by atoms with Crippen molar-refractivity contribution < 1.29 is 36.6 Å². The zero-order valence-electron chi connectivity index (χ0n) is 19.6. The highest BCUT2D eigenvalue weighted by atomic mass is 32.2. The number of nitrogens with one attached hydrogen (secondary N) is 1. The van der Waals surface area contributed by atoms with Crippen LogP contribution in [0.4, 0.5) is 8.78 Å². The minimum absolute atomic E-state index is 0.0612. The molecule has 1 saturated carbocycles.